The summed E-state index contributed by atoms with van der Waals surface area (Å²) in [5, 5.41) is 3.12. The summed E-state index contributed by atoms with van der Waals surface area (Å²) < 4.78 is 1.94. The number of anilines is 1. The standard InChI is InChI=1S/C8H8BrN7O2S/c1-16-8(12-4(17)5(18)15-16)19-6-3(9)2-11-7(13-6)14-10/h2H,10H2,1H3,(H,15,18)(H,11,13,14). The lowest BCUT2D eigenvalue weighted by molar-refractivity contribution is 0.596. The average Bonchev–Trinajstić information content (AvgIpc) is 2.38. The molecule has 0 unspecified atom stereocenters. The van der Waals surface area contributed by atoms with E-state index < -0.39 is 11.1 Å². The number of nitrogens with two attached hydrogens (primary N) is 1. The van der Waals surface area contributed by atoms with Gasteiger partial charge in [-0.05, 0) is 27.7 Å². The van der Waals surface area contributed by atoms with Crippen molar-refractivity contribution in [3.05, 3.63) is 31.4 Å². The Morgan fingerprint density at radius 3 is 2.89 bits per heavy atom. The first-order valence-corrected chi connectivity index (χ1v) is 6.46. The molecule has 0 radical (unpaired) electrons. The third-order valence-corrected chi connectivity index (χ3v) is 3.87. The monoisotopic (exact) mass is 345 g/mol. The fourth-order valence-corrected chi connectivity index (χ4v) is 2.33. The van der Waals surface area contributed by atoms with Gasteiger partial charge in [-0.2, -0.15) is 4.98 Å². The highest BCUT2D eigenvalue weighted by Crippen LogP contribution is 2.29. The lowest BCUT2D eigenvalue weighted by Gasteiger charge is -2.07. The number of rotatable bonds is 3. The number of nitrogen functional groups attached to an aromatic ring is 1. The molecule has 4 N–H and O–H groups in total. The van der Waals surface area contributed by atoms with Gasteiger partial charge in [0.25, 0.3) is 0 Å². The minimum Gasteiger partial charge on any atom is -0.292 e. The van der Waals surface area contributed by atoms with Crippen molar-refractivity contribution in [2.24, 2.45) is 12.9 Å². The van der Waals surface area contributed by atoms with Crippen LogP contribution in [-0.2, 0) is 7.05 Å². The highest BCUT2D eigenvalue weighted by Gasteiger charge is 2.11. The second kappa shape index (κ2) is 5.50. The van der Waals surface area contributed by atoms with E-state index in [4.69, 9.17) is 5.84 Å². The molecule has 0 amide bonds. The van der Waals surface area contributed by atoms with Crippen molar-refractivity contribution in [3.63, 3.8) is 0 Å². The van der Waals surface area contributed by atoms with Gasteiger partial charge in [-0.15, -0.1) is 0 Å². The smallest absolute Gasteiger partial charge is 0.292 e. The molecule has 0 aliphatic rings. The molecule has 0 bridgehead atoms. The first kappa shape index (κ1) is 13.7. The van der Waals surface area contributed by atoms with Gasteiger partial charge in [0, 0.05) is 13.2 Å². The second-order valence-corrected chi connectivity index (χ2v) is 5.10. The maximum Gasteiger partial charge on any atom is 0.339 e. The average molecular weight is 346 g/mol. The maximum absolute atomic E-state index is 11.2. The number of aryl methyl sites for hydroxylation is 1. The molecule has 0 saturated carbocycles. The van der Waals surface area contributed by atoms with Crippen LogP contribution in [0.3, 0.4) is 0 Å². The van der Waals surface area contributed by atoms with Crippen molar-refractivity contribution < 1.29 is 0 Å². The van der Waals surface area contributed by atoms with Crippen LogP contribution in [0.2, 0.25) is 0 Å². The number of H-pyrrole nitrogens is 1. The van der Waals surface area contributed by atoms with Crippen LogP contribution in [0, 0.1) is 0 Å². The third-order valence-electron chi connectivity index (χ3n) is 1.98. The van der Waals surface area contributed by atoms with Crippen LogP contribution in [-0.4, -0.2) is 24.7 Å². The van der Waals surface area contributed by atoms with Crippen molar-refractivity contribution in [1.29, 1.82) is 0 Å². The van der Waals surface area contributed by atoms with Gasteiger partial charge in [0.1, 0.15) is 5.03 Å². The van der Waals surface area contributed by atoms with Crippen molar-refractivity contribution >= 4 is 33.6 Å². The lowest BCUT2D eigenvalue weighted by Crippen LogP contribution is -2.33. The van der Waals surface area contributed by atoms with E-state index in [-0.39, 0.29) is 11.1 Å². The highest BCUT2D eigenvalue weighted by molar-refractivity contribution is 9.10. The number of nitrogens with one attached hydrogen (secondary N) is 2. The molecule has 2 heterocycles. The number of hydrogen-bond acceptors (Lipinski definition) is 8. The molecule has 0 saturated heterocycles. The zero-order valence-corrected chi connectivity index (χ0v) is 11.9. The van der Waals surface area contributed by atoms with Gasteiger partial charge in [-0.25, -0.2) is 15.8 Å². The van der Waals surface area contributed by atoms with Crippen molar-refractivity contribution in [2.45, 2.75) is 10.2 Å². The summed E-state index contributed by atoms with van der Waals surface area (Å²) in [6.07, 6.45) is 1.51. The third kappa shape index (κ3) is 3.00. The summed E-state index contributed by atoms with van der Waals surface area (Å²) in [6, 6.07) is 0. The molecule has 0 aromatic carbocycles. The van der Waals surface area contributed by atoms with Crippen LogP contribution < -0.4 is 22.4 Å². The fraction of sp³-hybridized carbons (Fsp3) is 0.125. The molecule has 0 aliphatic heterocycles. The number of hydrogen-bond donors (Lipinski definition) is 3. The zero-order valence-electron chi connectivity index (χ0n) is 9.55. The van der Waals surface area contributed by atoms with Gasteiger partial charge in [-0.1, -0.05) is 0 Å². The molecule has 0 atom stereocenters. The Kier molecular flexibility index (Phi) is 3.97. The van der Waals surface area contributed by atoms with E-state index in [9.17, 15) is 9.59 Å². The largest absolute Gasteiger partial charge is 0.339 e. The molecule has 2 aromatic heterocycles. The summed E-state index contributed by atoms with van der Waals surface area (Å²) in [7, 11) is 1.56. The molecule has 2 rings (SSSR count). The topological polar surface area (TPSA) is 132 Å². The lowest BCUT2D eigenvalue weighted by atomic mass is 10.7. The van der Waals surface area contributed by atoms with Crippen LogP contribution in [0.5, 0.6) is 0 Å². The Hall–Kier alpha value is -1.72. The maximum atomic E-state index is 11.2. The quantitative estimate of drug-likeness (QED) is 0.292. The predicted molar refractivity (Wildman–Crippen MR) is 71.8 cm³/mol. The number of halogens is 1. The van der Waals surface area contributed by atoms with Gasteiger partial charge in [0.05, 0.1) is 4.47 Å². The SMILES string of the molecule is Cn1[nH]c(=O)c(=O)nc1Sc1nc(NN)ncc1Br. The van der Waals surface area contributed by atoms with E-state index in [0.29, 0.717) is 9.50 Å². The van der Waals surface area contributed by atoms with Gasteiger partial charge in [0.15, 0.2) is 5.16 Å². The normalized spacial score (nSPS) is 10.5. The summed E-state index contributed by atoms with van der Waals surface area (Å²) in [4.78, 5) is 34.0. The van der Waals surface area contributed by atoms with E-state index in [2.05, 4.69) is 41.4 Å². The molecule has 0 aliphatic carbocycles. The minimum absolute atomic E-state index is 0.222. The molecule has 11 heteroatoms. The van der Waals surface area contributed by atoms with Gasteiger partial charge in [0.2, 0.25) is 5.95 Å². The number of nitrogens with zero attached hydrogens (tertiary/aromatic N) is 4. The summed E-state index contributed by atoms with van der Waals surface area (Å²) >= 11 is 4.35. The number of aromatic amines is 1. The zero-order chi connectivity index (χ0) is 14.0. The fourth-order valence-electron chi connectivity index (χ4n) is 1.13. The van der Waals surface area contributed by atoms with Crippen LogP contribution in [0.25, 0.3) is 0 Å². The van der Waals surface area contributed by atoms with Crippen LogP contribution in [0.1, 0.15) is 0 Å². The second-order valence-electron chi connectivity index (χ2n) is 3.29. The number of hydrazine groups is 1. The summed E-state index contributed by atoms with van der Waals surface area (Å²) in [5.74, 6) is 5.44. The van der Waals surface area contributed by atoms with E-state index in [1.165, 1.54) is 10.9 Å². The van der Waals surface area contributed by atoms with Crippen molar-refractivity contribution in [3.8, 4) is 0 Å². The molecule has 0 spiro atoms. The van der Waals surface area contributed by atoms with Crippen molar-refractivity contribution in [2.75, 3.05) is 5.43 Å². The first-order valence-electron chi connectivity index (χ1n) is 4.85. The molecule has 0 fully saturated rings. The number of aromatic nitrogens is 5. The summed E-state index contributed by atoms with van der Waals surface area (Å²) in [5.41, 5.74) is 0.674. The van der Waals surface area contributed by atoms with E-state index in [1.807, 2.05) is 0 Å². The molecule has 2 aromatic rings. The van der Waals surface area contributed by atoms with Crippen LogP contribution in [0.4, 0.5) is 5.95 Å². The Morgan fingerprint density at radius 1 is 1.47 bits per heavy atom. The van der Waals surface area contributed by atoms with E-state index >= 15 is 0 Å². The Morgan fingerprint density at radius 2 is 2.21 bits per heavy atom. The molecular weight excluding hydrogens is 338 g/mol. The molecule has 9 nitrogen and oxygen atoms in total. The first-order chi connectivity index (χ1) is 9.01. The highest BCUT2D eigenvalue weighted by atomic mass is 79.9. The Balaban J connectivity index is 2.44. The van der Waals surface area contributed by atoms with Gasteiger partial charge < -0.3 is 0 Å². The Labute approximate surface area is 118 Å². The van der Waals surface area contributed by atoms with Crippen LogP contribution in [0.15, 0.2) is 30.4 Å². The van der Waals surface area contributed by atoms with Crippen LogP contribution >= 0.6 is 27.7 Å². The van der Waals surface area contributed by atoms with Gasteiger partial charge >= 0.3 is 11.1 Å². The molecular formula is C8H8BrN7O2S. The molecule has 100 valence electrons. The Bertz CT molecular complexity index is 728. The molecule has 19 heavy (non-hydrogen) atoms. The van der Waals surface area contributed by atoms with Crippen molar-refractivity contribution in [1.82, 2.24) is 24.7 Å². The van der Waals surface area contributed by atoms with E-state index in [1.54, 1.807) is 7.05 Å². The summed E-state index contributed by atoms with van der Waals surface area (Å²) in [6.45, 7) is 0. The predicted octanol–water partition coefficient (Wildman–Crippen LogP) is -0.542. The minimum atomic E-state index is -0.858. The van der Waals surface area contributed by atoms with E-state index in [0.717, 1.165) is 11.8 Å². The van der Waals surface area contributed by atoms with Gasteiger partial charge in [-0.3, -0.25) is 24.8 Å².